The largest absolute Gasteiger partial charge is 0.335 e. The number of hydrogen-bond donors (Lipinski definition) is 0. The van der Waals surface area contributed by atoms with Gasteiger partial charge in [0.1, 0.15) is 0 Å². The summed E-state index contributed by atoms with van der Waals surface area (Å²) in [6.07, 6.45) is 14.7. The fraction of sp³-hybridized carbons (Fsp3) is 0.474. The Hall–Kier alpha value is -4.02. The average Bonchev–Trinajstić information content (AvgIpc) is 3.58. The fourth-order valence-electron chi connectivity index (χ4n) is 13.1. The zero-order chi connectivity index (χ0) is 43.0. The maximum atomic E-state index is 2.84. The SMILES string of the molecule is Cc1cc2c(cc1N1c3cc4c(cc3B3c5sc6cc7c(cc6c5N(c5ccccc5)C5=CC=CC1C35)C(C)(C)CCC7(C)C)C(C)(C)CCC4(C)C)C(C)(C)CCC2(C)C. The van der Waals surface area contributed by atoms with Crippen molar-refractivity contribution >= 4 is 61.1 Å². The molecule has 4 heteroatoms. The van der Waals surface area contributed by atoms with Gasteiger partial charge < -0.3 is 9.80 Å². The van der Waals surface area contributed by atoms with E-state index in [1.165, 1.54) is 92.9 Å². The minimum Gasteiger partial charge on any atom is -0.335 e. The molecule has 2 aliphatic heterocycles. The van der Waals surface area contributed by atoms with Crippen LogP contribution in [-0.4, -0.2) is 12.8 Å². The van der Waals surface area contributed by atoms with Crippen molar-refractivity contribution < 1.29 is 0 Å². The first-order valence-electron chi connectivity index (χ1n) is 23.6. The van der Waals surface area contributed by atoms with Crippen LogP contribution in [0.25, 0.3) is 10.1 Å². The van der Waals surface area contributed by atoms with Gasteiger partial charge >= 0.3 is 0 Å². The zero-order valence-corrected chi connectivity index (χ0v) is 40.2. The molecule has 0 spiro atoms. The molecule has 0 saturated carbocycles. The lowest BCUT2D eigenvalue weighted by atomic mass is 9.30. The minimum absolute atomic E-state index is 0.102. The van der Waals surface area contributed by atoms with Crippen molar-refractivity contribution in [3.8, 4) is 0 Å². The van der Waals surface area contributed by atoms with E-state index in [2.05, 4.69) is 196 Å². The summed E-state index contributed by atoms with van der Waals surface area (Å²) in [6, 6.07) is 27.5. The lowest BCUT2D eigenvalue weighted by Gasteiger charge is -2.54. The smallest absolute Gasteiger partial charge is 0.239 e. The Morgan fingerprint density at radius 1 is 0.574 bits per heavy atom. The number of para-hydroxylation sites is 1. The molecular formula is C57H67BN2S. The molecule has 2 nitrogen and oxygen atoms in total. The van der Waals surface area contributed by atoms with Crippen LogP contribution in [0.15, 0.2) is 90.7 Å². The van der Waals surface area contributed by atoms with Crippen molar-refractivity contribution in [2.24, 2.45) is 0 Å². The number of aryl methyl sites for hydroxylation is 1. The lowest BCUT2D eigenvalue weighted by Crippen LogP contribution is -2.63. The number of benzene rings is 4. The van der Waals surface area contributed by atoms with Gasteiger partial charge in [-0.25, -0.2) is 0 Å². The average molecular weight is 823 g/mol. The molecule has 0 N–H and O–H groups in total. The van der Waals surface area contributed by atoms with E-state index in [-0.39, 0.29) is 51.1 Å². The summed E-state index contributed by atoms with van der Waals surface area (Å²) >= 11 is 2.10. The zero-order valence-electron chi connectivity index (χ0n) is 39.4. The standard InChI is InChI=1S/C57H67BN2S/c1-34-28-37-40(55(8,9)25-22-52(37,2)3)31-46(34)60-45-21-17-20-44-49(45)58(43-30-39-41(32-47(43)60)56(10,11)26-24-54(39,6)7)51-50(59(44)35-18-15-14-16-19-35)36-29-38-42(33-48(36)61-51)57(12,13)27-23-53(38,4)5/h14-21,28-33,45,49H,22-27H2,1-13H3. The highest BCUT2D eigenvalue weighted by Crippen LogP contribution is 2.58. The molecule has 0 bridgehead atoms. The maximum Gasteiger partial charge on any atom is 0.239 e. The molecule has 3 heterocycles. The third-order valence-electron chi connectivity index (χ3n) is 17.4. The Morgan fingerprint density at radius 2 is 1.07 bits per heavy atom. The van der Waals surface area contributed by atoms with Gasteiger partial charge in [-0.1, -0.05) is 126 Å². The van der Waals surface area contributed by atoms with E-state index in [9.17, 15) is 0 Å². The van der Waals surface area contributed by atoms with Crippen molar-refractivity contribution in [2.45, 2.75) is 173 Å². The van der Waals surface area contributed by atoms with E-state index in [4.69, 9.17) is 0 Å². The van der Waals surface area contributed by atoms with Gasteiger partial charge in [-0.2, -0.15) is 0 Å². The summed E-state index contributed by atoms with van der Waals surface area (Å²) in [7, 11) is 0. The van der Waals surface area contributed by atoms with Crippen molar-refractivity contribution in [2.75, 3.05) is 9.80 Å². The number of rotatable bonds is 2. The Morgan fingerprint density at radius 3 is 1.64 bits per heavy atom. The molecule has 5 aromatic rings. The van der Waals surface area contributed by atoms with E-state index in [1.54, 1.807) is 33.4 Å². The van der Waals surface area contributed by atoms with Crippen LogP contribution in [0.5, 0.6) is 0 Å². The van der Waals surface area contributed by atoms with Crippen LogP contribution in [-0.2, 0) is 32.5 Å². The number of allylic oxidation sites excluding steroid dienone is 2. The van der Waals surface area contributed by atoms with Gasteiger partial charge in [0.2, 0.25) is 6.71 Å². The van der Waals surface area contributed by atoms with Crippen molar-refractivity contribution in [1.82, 2.24) is 0 Å². The van der Waals surface area contributed by atoms with Crippen LogP contribution in [0.3, 0.4) is 0 Å². The van der Waals surface area contributed by atoms with Crippen LogP contribution in [0.1, 0.15) is 161 Å². The highest BCUT2D eigenvalue weighted by molar-refractivity contribution is 7.32. The number of anilines is 4. The van der Waals surface area contributed by atoms with Crippen molar-refractivity contribution in [3.63, 3.8) is 0 Å². The van der Waals surface area contributed by atoms with E-state index >= 15 is 0 Å². The van der Waals surface area contributed by atoms with Crippen LogP contribution < -0.4 is 20.0 Å². The first-order chi connectivity index (χ1) is 28.6. The molecule has 0 radical (unpaired) electrons. The molecule has 61 heavy (non-hydrogen) atoms. The van der Waals surface area contributed by atoms with Crippen molar-refractivity contribution in [1.29, 1.82) is 0 Å². The molecule has 0 saturated heterocycles. The maximum absolute atomic E-state index is 2.84. The van der Waals surface area contributed by atoms with Crippen LogP contribution in [0.4, 0.5) is 22.7 Å². The van der Waals surface area contributed by atoms with E-state index < -0.39 is 0 Å². The van der Waals surface area contributed by atoms with Crippen molar-refractivity contribution in [3.05, 3.63) is 130 Å². The van der Waals surface area contributed by atoms with Gasteiger partial charge in [0.05, 0.1) is 11.7 Å². The molecule has 314 valence electrons. The Balaban J connectivity index is 1.25. The Kier molecular flexibility index (Phi) is 8.21. The predicted octanol–water partition coefficient (Wildman–Crippen LogP) is 14.4. The first kappa shape index (κ1) is 39.8. The molecule has 0 fully saturated rings. The van der Waals surface area contributed by atoms with Crippen LogP contribution >= 0.6 is 11.3 Å². The highest BCUT2D eigenvalue weighted by atomic mass is 32.1. The lowest BCUT2D eigenvalue weighted by molar-refractivity contribution is 0.331. The number of fused-ring (bicyclic) bond motifs is 9. The molecule has 4 aliphatic carbocycles. The number of hydrogen-bond acceptors (Lipinski definition) is 3. The first-order valence-corrected chi connectivity index (χ1v) is 24.4. The summed E-state index contributed by atoms with van der Waals surface area (Å²) in [5, 5.41) is 1.43. The monoisotopic (exact) mass is 823 g/mol. The van der Waals surface area contributed by atoms with Gasteiger partial charge in [0.25, 0.3) is 0 Å². The molecule has 6 aliphatic rings. The predicted molar refractivity (Wildman–Crippen MR) is 266 cm³/mol. The molecule has 11 rings (SSSR count). The number of thiophene rings is 1. The van der Waals surface area contributed by atoms with Crippen LogP contribution in [0.2, 0.25) is 5.82 Å². The fourth-order valence-corrected chi connectivity index (χ4v) is 14.5. The summed E-state index contributed by atoms with van der Waals surface area (Å²) in [5.41, 5.74) is 19.9. The quantitative estimate of drug-likeness (QED) is 0.164. The van der Waals surface area contributed by atoms with E-state index in [1.807, 2.05) is 0 Å². The van der Waals surface area contributed by atoms with Gasteiger partial charge in [-0.3, -0.25) is 0 Å². The topological polar surface area (TPSA) is 6.48 Å². The Bertz CT molecular complexity index is 2750. The minimum atomic E-state index is 0.102. The van der Waals surface area contributed by atoms with E-state index in [0.717, 1.165) is 0 Å². The second-order valence-corrected chi connectivity index (χ2v) is 25.2. The highest BCUT2D eigenvalue weighted by Gasteiger charge is 2.55. The van der Waals surface area contributed by atoms with Gasteiger partial charge in [0, 0.05) is 43.4 Å². The summed E-state index contributed by atoms with van der Waals surface area (Å²) in [5.74, 6) is 0.235. The molecule has 2 atom stereocenters. The molecule has 2 unspecified atom stereocenters. The Labute approximate surface area is 371 Å². The molecule has 0 amide bonds. The van der Waals surface area contributed by atoms with E-state index in [0.29, 0.717) is 0 Å². The van der Waals surface area contributed by atoms with Gasteiger partial charge in [0.15, 0.2) is 0 Å². The normalized spacial score (nSPS) is 25.1. The summed E-state index contributed by atoms with van der Waals surface area (Å²) in [6.45, 7) is 32.5. The molecule has 1 aromatic heterocycles. The third kappa shape index (κ3) is 5.58. The third-order valence-corrected chi connectivity index (χ3v) is 18.6. The van der Waals surface area contributed by atoms with Crippen LogP contribution in [0, 0.1) is 6.92 Å². The summed E-state index contributed by atoms with van der Waals surface area (Å²) in [4.78, 5) is 5.55. The number of nitrogens with zero attached hydrogens (tertiary/aromatic N) is 2. The second-order valence-electron chi connectivity index (χ2n) is 24.2. The molecule has 4 aromatic carbocycles. The second kappa shape index (κ2) is 12.6. The molecular weight excluding hydrogens is 756 g/mol. The van der Waals surface area contributed by atoms with Gasteiger partial charge in [-0.05, 0) is 165 Å². The summed E-state index contributed by atoms with van der Waals surface area (Å²) < 4.78 is 2.98. The van der Waals surface area contributed by atoms with Gasteiger partial charge in [-0.15, -0.1) is 11.3 Å².